The molecule has 3 heterocycles. The zero-order chi connectivity index (χ0) is 35.4. The highest BCUT2D eigenvalue weighted by Crippen LogP contribution is 2.47. The molecule has 4 atom stereocenters. The number of pyridine rings is 1. The van der Waals surface area contributed by atoms with Gasteiger partial charge in [0, 0.05) is 37.8 Å². The zero-order valence-corrected chi connectivity index (χ0v) is 30.3. The van der Waals surface area contributed by atoms with Crippen LogP contribution in [-0.4, -0.2) is 92.6 Å². The number of allylic oxidation sites excluding steroid dienone is 1. The van der Waals surface area contributed by atoms with Crippen LogP contribution in [-0.2, 0) is 16.1 Å². The van der Waals surface area contributed by atoms with E-state index in [-0.39, 0.29) is 43.1 Å². The van der Waals surface area contributed by atoms with Crippen LogP contribution in [0.1, 0.15) is 48.9 Å². The van der Waals surface area contributed by atoms with Gasteiger partial charge in [-0.15, -0.1) is 0 Å². The fraction of sp³-hybridized carbons (Fsp3) is 0.410. The summed E-state index contributed by atoms with van der Waals surface area (Å²) in [5, 5.41) is 43.3. The lowest BCUT2D eigenvalue weighted by Gasteiger charge is -2.36. The van der Waals surface area contributed by atoms with Crippen LogP contribution >= 0.6 is 22.6 Å². The summed E-state index contributed by atoms with van der Waals surface area (Å²) in [6.07, 6.45) is 4.69. The Hall–Kier alpha value is -3.62. The molecule has 0 spiro atoms. The van der Waals surface area contributed by atoms with Crippen molar-refractivity contribution in [3.63, 3.8) is 0 Å². The number of amides is 2. The number of likely N-dealkylation sites (tertiary alicyclic amines) is 2. The highest BCUT2D eigenvalue weighted by Gasteiger charge is 2.56. The molecule has 11 heteroatoms. The van der Waals surface area contributed by atoms with Crippen molar-refractivity contribution in [2.75, 3.05) is 33.4 Å². The van der Waals surface area contributed by atoms with Crippen molar-refractivity contribution in [3.8, 4) is 11.5 Å². The average Bonchev–Trinajstić information content (AvgIpc) is 3.39. The molecule has 50 heavy (non-hydrogen) atoms. The Morgan fingerprint density at radius 3 is 2.46 bits per heavy atom. The van der Waals surface area contributed by atoms with Gasteiger partial charge >= 0.3 is 0 Å². The third-order valence-electron chi connectivity index (χ3n) is 10.4. The number of piperidine rings is 1. The van der Waals surface area contributed by atoms with Gasteiger partial charge in [-0.3, -0.25) is 24.4 Å². The van der Waals surface area contributed by atoms with E-state index < -0.39 is 30.5 Å². The molecule has 4 N–H and O–H groups in total. The Bertz CT molecular complexity index is 1740. The number of hydrogen-bond acceptors (Lipinski definition) is 9. The number of aromatic hydroxyl groups is 1. The molecule has 6 rings (SSSR count). The lowest BCUT2D eigenvalue weighted by Crippen LogP contribution is -2.47. The standard InChI is InChI=1S/C39H44IN3O7/c1-50-34-19-25(18-31(40)37(34)47)17-26(32-9-5-6-14-41-32)10-11-33(46)35-27(22-44)20-29-36(30(35)23-45)39(49)43(38(29)48)28-12-15-42(16-13-28)21-24-7-3-2-4-8-24/h2-9,14,17-19,28-30,33,36,44-47H,10-13,15-16,20-23H2,1H3/b26-17-/t29-,30+,33-,36-/m1/s1. The molecule has 1 aromatic heterocycles. The van der Waals surface area contributed by atoms with Crippen molar-refractivity contribution in [2.45, 2.75) is 50.8 Å². The third kappa shape index (κ3) is 7.52. The number of aromatic nitrogens is 1. The number of aliphatic hydroxyl groups excluding tert-OH is 3. The number of halogens is 1. The Morgan fingerprint density at radius 1 is 1.06 bits per heavy atom. The highest BCUT2D eigenvalue weighted by atomic mass is 127. The molecular formula is C39H44IN3O7. The minimum Gasteiger partial charge on any atom is -0.504 e. The number of aliphatic hydroxyl groups is 3. The molecule has 264 valence electrons. The Kier molecular flexibility index (Phi) is 11.7. The van der Waals surface area contributed by atoms with Gasteiger partial charge in [-0.2, -0.15) is 0 Å². The summed E-state index contributed by atoms with van der Waals surface area (Å²) >= 11 is 2.04. The molecule has 3 aliphatic rings. The summed E-state index contributed by atoms with van der Waals surface area (Å²) in [5.74, 6) is -2.36. The van der Waals surface area contributed by atoms with E-state index in [0.717, 1.165) is 30.8 Å². The first-order chi connectivity index (χ1) is 24.2. The van der Waals surface area contributed by atoms with Crippen molar-refractivity contribution in [2.24, 2.45) is 17.8 Å². The predicted molar refractivity (Wildman–Crippen MR) is 198 cm³/mol. The lowest BCUT2D eigenvalue weighted by atomic mass is 9.68. The van der Waals surface area contributed by atoms with Gasteiger partial charge < -0.3 is 25.2 Å². The van der Waals surface area contributed by atoms with Gasteiger partial charge in [-0.05, 0) is 113 Å². The van der Waals surface area contributed by atoms with Gasteiger partial charge in [0.25, 0.3) is 0 Å². The number of phenols is 1. The normalized spacial score (nSPS) is 22.6. The monoisotopic (exact) mass is 793 g/mol. The van der Waals surface area contributed by atoms with Crippen molar-refractivity contribution in [1.82, 2.24) is 14.8 Å². The topological polar surface area (TPSA) is 144 Å². The largest absolute Gasteiger partial charge is 0.504 e. The number of ether oxygens (including phenoxy) is 1. The van der Waals surface area contributed by atoms with Crippen LogP contribution in [0.4, 0.5) is 0 Å². The van der Waals surface area contributed by atoms with Crippen LogP contribution < -0.4 is 4.74 Å². The fourth-order valence-electron chi connectivity index (χ4n) is 7.98. The second-order valence-corrected chi connectivity index (χ2v) is 14.5. The van der Waals surface area contributed by atoms with E-state index in [1.807, 2.05) is 71.1 Å². The molecule has 0 unspecified atom stereocenters. The van der Waals surface area contributed by atoms with E-state index in [4.69, 9.17) is 4.74 Å². The van der Waals surface area contributed by atoms with Crippen LogP contribution in [0.2, 0.25) is 0 Å². The van der Waals surface area contributed by atoms with E-state index in [9.17, 15) is 30.0 Å². The maximum absolute atomic E-state index is 14.1. The average molecular weight is 794 g/mol. The first-order valence-corrected chi connectivity index (χ1v) is 18.2. The number of hydrogen-bond donors (Lipinski definition) is 4. The molecule has 2 amide bonds. The van der Waals surface area contributed by atoms with Crippen LogP contribution in [0.15, 0.2) is 78.0 Å². The number of carbonyl (C=O) groups excluding carboxylic acids is 2. The Balaban J connectivity index is 1.19. The molecule has 2 saturated heterocycles. The molecule has 0 saturated carbocycles. The van der Waals surface area contributed by atoms with Crippen molar-refractivity contribution < 1.29 is 34.8 Å². The van der Waals surface area contributed by atoms with Gasteiger partial charge in [0.2, 0.25) is 11.8 Å². The number of carbonyl (C=O) groups is 2. The minimum absolute atomic E-state index is 0.0567. The van der Waals surface area contributed by atoms with Gasteiger partial charge in [0.15, 0.2) is 11.5 Å². The quantitative estimate of drug-likeness (QED) is 0.117. The smallest absolute Gasteiger partial charge is 0.234 e. The predicted octanol–water partition coefficient (Wildman–Crippen LogP) is 4.65. The number of nitrogens with zero attached hydrogens (tertiary/aromatic N) is 3. The highest BCUT2D eigenvalue weighted by molar-refractivity contribution is 14.1. The van der Waals surface area contributed by atoms with Crippen molar-refractivity contribution in [3.05, 3.63) is 98.4 Å². The number of rotatable bonds is 12. The molecule has 10 nitrogen and oxygen atoms in total. The molecule has 0 bridgehead atoms. The molecule has 3 aromatic rings. The van der Waals surface area contributed by atoms with Crippen LogP contribution in [0, 0.1) is 21.3 Å². The van der Waals surface area contributed by atoms with E-state index in [1.54, 1.807) is 12.3 Å². The van der Waals surface area contributed by atoms with E-state index >= 15 is 0 Å². The first-order valence-electron chi connectivity index (χ1n) is 17.2. The van der Waals surface area contributed by atoms with Gasteiger partial charge in [0.1, 0.15) is 0 Å². The zero-order valence-electron chi connectivity index (χ0n) is 28.1. The lowest BCUT2D eigenvalue weighted by molar-refractivity contribution is -0.144. The summed E-state index contributed by atoms with van der Waals surface area (Å²) in [6, 6.07) is 19.2. The van der Waals surface area contributed by atoms with E-state index in [1.165, 1.54) is 17.6 Å². The maximum Gasteiger partial charge on any atom is 0.234 e. The molecule has 1 aliphatic carbocycles. The van der Waals surface area contributed by atoms with Gasteiger partial charge in [-0.1, -0.05) is 36.4 Å². The van der Waals surface area contributed by atoms with Crippen LogP contribution in [0.5, 0.6) is 11.5 Å². The maximum atomic E-state index is 14.1. The van der Waals surface area contributed by atoms with Crippen LogP contribution in [0.3, 0.4) is 0 Å². The number of methoxy groups -OCH3 is 1. The number of benzene rings is 2. The SMILES string of the molecule is COc1cc(/C=C(/CC[C@@H](O)C2=C(CO)C[C@H]3C(=O)N(C4CCN(Cc5ccccc5)CC4)C(=O)[C@H]3[C@H]2CO)c2ccccn2)cc(I)c1O. The molecular weight excluding hydrogens is 749 g/mol. The number of imide groups is 1. The first kappa shape index (κ1) is 36.2. The Morgan fingerprint density at radius 2 is 1.80 bits per heavy atom. The molecule has 2 fully saturated rings. The summed E-state index contributed by atoms with van der Waals surface area (Å²) in [6.45, 7) is 1.55. The van der Waals surface area contributed by atoms with Crippen LogP contribution in [0.25, 0.3) is 11.6 Å². The third-order valence-corrected chi connectivity index (χ3v) is 11.3. The second-order valence-electron chi connectivity index (χ2n) is 13.4. The second kappa shape index (κ2) is 16.2. The summed E-state index contributed by atoms with van der Waals surface area (Å²) in [4.78, 5) is 36.3. The number of fused-ring (bicyclic) bond motifs is 1. The molecule has 2 aromatic carbocycles. The van der Waals surface area contributed by atoms with E-state index in [2.05, 4.69) is 22.0 Å². The Labute approximate surface area is 306 Å². The molecule has 0 radical (unpaired) electrons. The minimum atomic E-state index is -1.07. The number of phenolic OH excluding ortho intramolecular Hbond substituents is 1. The summed E-state index contributed by atoms with van der Waals surface area (Å²) in [7, 11) is 1.49. The van der Waals surface area contributed by atoms with Gasteiger partial charge in [-0.25, -0.2) is 0 Å². The summed E-state index contributed by atoms with van der Waals surface area (Å²) < 4.78 is 5.97. The summed E-state index contributed by atoms with van der Waals surface area (Å²) in [5.41, 5.74) is 4.51. The van der Waals surface area contributed by atoms with E-state index in [0.29, 0.717) is 45.4 Å². The fourth-order valence-corrected chi connectivity index (χ4v) is 8.60. The van der Waals surface area contributed by atoms with Crippen molar-refractivity contribution in [1.29, 1.82) is 0 Å². The van der Waals surface area contributed by atoms with Gasteiger partial charge in [0.05, 0.1) is 47.5 Å². The molecule has 2 aliphatic heterocycles. The van der Waals surface area contributed by atoms with Crippen molar-refractivity contribution >= 4 is 46.1 Å².